The van der Waals surface area contributed by atoms with Crippen molar-refractivity contribution in [2.24, 2.45) is 0 Å². The van der Waals surface area contributed by atoms with Crippen LogP contribution in [0.5, 0.6) is 0 Å². The summed E-state index contributed by atoms with van der Waals surface area (Å²) in [5, 5.41) is 9.49. The van der Waals surface area contributed by atoms with E-state index in [4.69, 9.17) is 0 Å². The maximum absolute atomic E-state index is 9.49. The molecule has 0 aliphatic carbocycles. The van der Waals surface area contributed by atoms with E-state index >= 15 is 0 Å². The number of para-hydroxylation sites is 4. The van der Waals surface area contributed by atoms with Crippen LogP contribution in [-0.4, -0.2) is 27.4 Å². The molecule has 0 unspecified atom stereocenters. The third-order valence-corrected chi connectivity index (χ3v) is 7.35. The van der Waals surface area contributed by atoms with Gasteiger partial charge in [0, 0.05) is 25.5 Å². The van der Waals surface area contributed by atoms with Gasteiger partial charge in [-0.05, 0) is 90.7 Å². The molecular weight excluding hydrogens is 442 g/mol. The Labute approximate surface area is 213 Å². The van der Waals surface area contributed by atoms with Crippen LogP contribution in [0.25, 0.3) is 11.1 Å². The molecule has 2 heterocycles. The first-order valence-electron chi connectivity index (χ1n) is 12.3. The second-order valence-corrected chi connectivity index (χ2v) is 9.85. The van der Waals surface area contributed by atoms with Crippen LogP contribution in [-0.2, 0) is 0 Å². The summed E-state index contributed by atoms with van der Waals surface area (Å²) in [5.41, 5.74) is 12.5. The highest BCUT2D eigenvalue weighted by molar-refractivity contribution is 5.89. The zero-order valence-corrected chi connectivity index (χ0v) is 21.2. The summed E-state index contributed by atoms with van der Waals surface area (Å²) in [6, 6.07) is 30.4. The van der Waals surface area contributed by atoms with Crippen LogP contribution in [0.1, 0.15) is 16.7 Å². The van der Waals surface area contributed by atoms with Crippen molar-refractivity contribution in [3.8, 4) is 17.2 Å². The minimum atomic E-state index is 0.704. The predicted octanol–water partition coefficient (Wildman–Crippen LogP) is 6.93. The van der Waals surface area contributed by atoms with Gasteiger partial charge in [0.25, 0.3) is 0 Å². The van der Waals surface area contributed by atoms with Gasteiger partial charge < -0.3 is 19.6 Å². The Kier molecular flexibility index (Phi) is 5.12. The number of aryl methyl sites for hydroxylation is 2. The van der Waals surface area contributed by atoms with Crippen molar-refractivity contribution in [3.05, 3.63) is 95.6 Å². The van der Waals surface area contributed by atoms with Crippen LogP contribution < -0.4 is 19.6 Å². The summed E-state index contributed by atoms with van der Waals surface area (Å²) in [6.45, 7) is 5.80. The van der Waals surface area contributed by atoms with Crippen LogP contribution >= 0.6 is 0 Å². The quantitative estimate of drug-likeness (QED) is 0.324. The Morgan fingerprint density at radius 2 is 1.08 bits per heavy atom. The topological polar surface area (TPSA) is 36.8 Å². The number of nitrogens with zero attached hydrogens (tertiary/aromatic N) is 5. The summed E-state index contributed by atoms with van der Waals surface area (Å²) in [5.74, 6) is 0. The van der Waals surface area contributed by atoms with Crippen LogP contribution in [0.2, 0.25) is 0 Å². The van der Waals surface area contributed by atoms with Crippen molar-refractivity contribution >= 4 is 34.1 Å². The maximum Gasteiger partial charge on any atom is 0.0991 e. The fourth-order valence-electron chi connectivity index (χ4n) is 5.74. The van der Waals surface area contributed by atoms with Crippen molar-refractivity contribution in [3.63, 3.8) is 0 Å². The number of anilines is 6. The Balaban J connectivity index is 1.56. The van der Waals surface area contributed by atoms with Gasteiger partial charge in [-0.2, -0.15) is 5.26 Å². The van der Waals surface area contributed by atoms with Crippen LogP contribution in [0.3, 0.4) is 0 Å². The maximum atomic E-state index is 9.49. The number of benzene rings is 4. The molecule has 0 atom stereocenters. The summed E-state index contributed by atoms with van der Waals surface area (Å²) in [4.78, 5) is 9.36. The first-order chi connectivity index (χ1) is 17.4. The molecule has 0 aromatic heterocycles. The number of nitriles is 1. The highest BCUT2D eigenvalue weighted by Crippen LogP contribution is 2.46. The van der Waals surface area contributed by atoms with E-state index in [2.05, 4.69) is 120 Å². The van der Waals surface area contributed by atoms with Gasteiger partial charge in [0.1, 0.15) is 0 Å². The molecule has 2 aliphatic rings. The van der Waals surface area contributed by atoms with E-state index in [1.54, 1.807) is 0 Å². The van der Waals surface area contributed by atoms with Gasteiger partial charge in [-0.25, -0.2) is 0 Å². The van der Waals surface area contributed by atoms with Gasteiger partial charge in [-0.3, -0.25) is 0 Å². The lowest BCUT2D eigenvalue weighted by Gasteiger charge is -2.26. The SMILES string of the molecule is Cc1cc(C#N)cc(C)c1-c1cc(N2CN(C)c3ccccc32)cc(N2CN(C)c3ccccc32)c1. The van der Waals surface area contributed by atoms with Gasteiger partial charge in [0.15, 0.2) is 0 Å². The molecule has 0 N–H and O–H groups in total. The second-order valence-electron chi connectivity index (χ2n) is 9.85. The number of rotatable bonds is 3. The number of fused-ring (bicyclic) bond motifs is 2. The highest BCUT2D eigenvalue weighted by atomic mass is 15.4. The average Bonchev–Trinajstić information content (AvgIpc) is 3.41. The lowest BCUT2D eigenvalue weighted by molar-refractivity contribution is 0.940. The van der Waals surface area contributed by atoms with Gasteiger partial charge in [0.05, 0.1) is 47.7 Å². The third kappa shape index (κ3) is 3.46. The second kappa shape index (κ2) is 8.35. The van der Waals surface area contributed by atoms with E-state index in [1.165, 1.54) is 33.9 Å². The first-order valence-corrected chi connectivity index (χ1v) is 12.3. The lowest BCUT2D eigenvalue weighted by atomic mass is 9.93. The Bertz CT molecular complexity index is 1430. The fraction of sp³-hybridized carbons (Fsp3) is 0.194. The monoisotopic (exact) mass is 471 g/mol. The molecule has 0 fully saturated rings. The number of hydrogen-bond donors (Lipinski definition) is 0. The molecule has 5 heteroatoms. The summed E-state index contributed by atoms with van der Waals surface area (Å²) < 4.78 is 0. The van der Waals surface area contributed by atoms with Crippen molar-refractivity contribution in [1.82, 2.24) is 0 Å². The Morgan fingerprint density at radius 1 is 0.639 bits per heavy atom. The van der Waals surface area contributed by atoms with Crippen molar-refractivity contribution in [2.75, 3.05) is 47.0 Å². The molecule has 0 saturated heterocycles. The van der Waals surface area contributed by atoms with E-state index in [0.717, 1.165) is 35.8 Å². The third-order valence-electron chi connectivity index (χ3n) is 7.35. The zero-order chi connectivity index (χ0) is 25.0. The Hall–Kier alpha value is -4.43. The van der Waals surface area contributed by atoms with E-state index in [0.29, 0.717) is 5.56 Å². The number of hydrogen-bond acceptors (Lipinski definition) is 5. The van der Waals surface area contributed by atoms with Gasteiger partial charge >= 0.3 is 0 Å². The zero-order valence-electron chi connectivity index (χ0n) is 21.2. The molecule has 36 heavy (non-hydrogen) atoms. The molecular formula is C31H29N5. The van der Waals surface area contributed by atoms with Gasteiger partial charge in [-0.15, -0.1) is 0 Å². The minimum Gasteiger partial charge on any atom is -0.355 e. The summed E-state index contributed by atoms with van der Waals surface area (Å²) >= 11 is 0. The minimum absolute atomic E-state index is 0.704. The van der Waals surface area contributed by atoms with Crippen LogP contribution in [0.15, 0.2) is 78.9 Å². The molecule has 4 aromatic carbocycles. The molecule has 0 radical (unpaired) electrons. The molecule has 0 saturated carbocycles. The van der Waals surface area contributed by atoms with Crippen molar-refractivity contribution in [2.45, 2.75) is 13.8 Å². The molecule has 2 aliphatic heterocycles. The van der Waals surface area contributed by atoms with E-state index in [1.807, 2.05) is 12.1 Å². The van der Waals surface area contributed by atoms with Gasteiger partial charge in [0.2, 0.25) is 0 Å². The molecule has 0 spiro atoms. The fourth-order valence-corrected chi connectivity index (χ4v) is 5.74. The van der Waals surface area contributed by atoms with Crippen LogP contribution in [0, 0.1) is 25.2 Å². The largest absolute Gasteiger partial charge is 0.355 e. The Morgan fingerprint density at radius 3 is 1.53 bits per heavy atom. The van der Waals surface area contributed by atoms with E-state index < -0.39 is 0 Å². The molecule has 4 aromatic rings. The summed E-state index contributed by atoms with van der Waals surface area (Å²) in [6.07, 6.45) is 0. The highest BCUT2D eigenvalue weighted by Gasteiger charge is 2.28. The van der Waals surface area contributed by atoms with E-state index in [9.17, 15) is 5.26 Å². The molecule has 6 rings (SSSR count). The van der Waals surface area contributed by atoms with Crippen molar-refractivity contribution in [1.29, 1.82) is 5.26 Å². The van der Waals surface area contributed by atoms with Crippen molar-refractivity contribution < 1.29 is 0 Å². The smallest absolute Gasteiger partial charge is 0.0991 e. The molecule has 178 valence electrons. The molecule has 0 amide bonds. The first kappa shape index (κ1) is 22.1. The normalized spacial score (nSPS) is 14.2. The molecule has 0 bridgehead atoms. The summed E-state index contributed by atoms with van der Waals surface area (Å²) in [7, 11) is 4.29. The average molecular weight is 472 g/mol. The van der Waals surface area contributed by atoms with E-state index in [-0.39, 0.29) is 0 Å². The molecule has 5 nitrogen and oxygen atoms in total. The standard InChI is InChI=1S/C31H29N5/c1-21-13-23(18-32)14-22(2)31(21)24-15-25(35-19-33(3)27-9-5-7-11-29(27)35)17-26(16-24)36-20-34(4)28-10-6-8-12-30(28)36/h5-17H,19-20H2,1-4H3. The van der Waals surface area contributed by atoms with Crippen LogP contribution in [0.4, 0.5) is 34.1 Å². The van der Waals surface area contributed by atoms with Gasteiger partial charge in [-0.1, -0.05) is 24.3 Å². The lowest BCUT2D eigenvalue weighted by Crippen LogP contribution is -2.26. The predicted molar refractivity (Wildman–Crippen MR) is 150 cm³/mol.